The molecule has 182 valence electrons. The van der Waals surface area contributed by atoms with E-state index in [9.17, 15) is 14.4 Å². The normalized spacial score (nSPS) is 14.0. The second-order valence-corrected chi connectivity index (χ2v) is 8.15. The maximum atomic E-state index is 13.4. The van der Waals surface area contributed by atoms with E-state index in [0.717, 1.165) is 16.1 Å². The molecule has 1 aliphatic rings. The molecule has 0 spiro atoms. The van der Waals surface area contributed by atoms with E-state index in [1.165, 1.54) is 13.0 Å². The van der Waals surface area contributed by atoms with Crippen LogP contribution in [0.3, 0.4) is 0 Å². The molecular formula is C28H26N4O4. The number of ether oxygens (including phenoxy) is 1. The molecule has 4 rings (SSSR count). The van der Waals surface area contributed by atoms with Gasteiger partial charge in [-0.2, -0.15) is 5.01 Å². The van der Waals surface area contributed by atoms with E-state index in [0.29, 0.717) is 23.7 Å². The summed E-state index contributed by atoms with van der Waals surface area (Å²) in [7, 11) is 0. The van der Waals surface area contributed by atoms with Crippen molar-refractivity contribution in [2.45, 2.75) is 20.8 Å². The van der Waals surface area contributed by atoms with Gasteiger partial charge in [0.05, 0.1) is 12.2 Å². The zero-order valence-electron chi connectivity index (χ0n) is 20.2. The second-order valence-electron chi connectivity index (χ2n) is 8.15. The van der Waals surface area contributed by atoms with Crippen molar-refractivity contribution >= 4 is 35.3 Å². The third kappa shape index (κ3) is 5.50. The van der Waals surface area contributed by atoms with Crippen LogP contribution < -0.4 is 15.5 Å². The van der Waals surface area contributed by atoms with E-state index in [-0.39, 0.29) is 22.9 Å². The number of anilines is 1. The number of hydrazine groups is 1. The van der Waals surface area contributed by atoms with Crippen molar-refractivity contribution in [1.29, 1.82) is 0 Å². The minimum absolute atomic E-state index is 0.198. The van der Waals surface area contributed by atoms with Gasteiger partial charge < -0.3 is 10.1 Å². The monoisotopic (exact) mass is 482 g/mol. The van der Waals surface area contributed by atoms with Crippen LogP contribution in [-0.2, 0) is 9.59 Å². The molecule has 8 heteroatoms. The van der Waals surface area contributed by atoms with Crippen molar-refractivity contribution < 1.29 is 19.1 Å². The molecule has 3 aromatic carbocycles. The molecule has 0 unspecified atom stereocenters. The number of benzene rings is 3. The van der Waals surface area contributed by atoms with Gasteiger partial charge in [-0.1, -0.05) is 60.2 Å². The molecule has 0 aliphatic carbocycles. The van der Waals surface area contributed by atoms with Gasteiger partial charge in [0.2, 0.25) is 5.91 Å². The number of nitrogens with zero attached hydrogens (tertiary/aromatic N) is 2. The quantitative estimate of drug-likeness (QED) is 0.490. The molecule has 36 heavy (non-hydrogen) atoms. The second kappa shape index (κ2) is 10.7. The Labute approximate surface area is 209 Å². The molecule has 2 N–H and O–H groups in total. The number of amidine groups is 1. The predicted octanol–water partition coefficient (Wildman–Crippen LogP) is 4.33. The predicted molar refractivity (Wildman–Crippen MR) is 138 cm³/mol. The van der Waals surface area contributed by atoms with Crippen LogP contribution in [0.2, 0.25) is 0 Å². The van der Waals surface area contributed by atoms with Crippen LogP contribution in [0.1, 0.15) is 40.9 Å². The fraction of sp³-hybridized carbons (Fsp3) is 0.143. The van der Waals surface area contributed by atoms with Gasteiger partial charge in [-0.3, -0.25) is 19.8 Å². The summed E-state index contributed by atoms with van der Waals surface area (Å²) in [6, 6.07) is 21.6. The van der Waals surface area contributed by atoms with Crippen LogP contribution in [0.25, 0.3) is 6.08 Å². The van der Waals surface area contributed by atoms with Crippen molar-refractivity contribution in [2.75, 3.05) is 11.9 Å². The molecule has 0 fully saturated rings. The first-order valence-electron chi connectivity index (χ1n) is 11.5. The van der Waals surface area contributed by atoms with Crippen LogP contribution >= 0.6 is 0 Å². The Bertz CT molecular complexity index is 1360. The average Bonchev–Trinajstić information content (AvgIpc) is 3.16. The zero-order valence-corrected chi connectivity index (χ0v) is 20.2. The van der Waals surface area contributed by atoms with Gasteiger partial charge in [-0.25, -0.2) is 4.99 Å². The van der Waals surface area contributed by atoms with Crippen LogP contribution in [0.5, 0.6) is 5.75 Å². The van der Waals surface area contributed by atoms with Gasteiger partial charge in [0.1, 0.15) is 11.4 Å². The molecule has 1 aliphatic heterocycles. The fourth-order valence-electron chi connectivity index (χ4n) is 3.65. The Morgan fingerprint density at radius 2 is 1.75 bits per heavy atom. The van der Waals surface area contributed by atoms with E-state index in [1.54, 1.807) is 25.1 Å². The largest absolute Gasteiger partial charge is 0.493 e. The maximum Gasteiger partial charge on any atom is 0.297 e. The molecule has 0 bridgehead atoms. The Morgan fingerprint density at radius 3 is 2.42 bits per heavy atom. The lowest BCUT2D eigenvalue weighted by Gasteiger charge is -2.20. The smallest absolute Gasteiger partial charge is 0.297 e. The number of aliphatic imine (C=N–C) groups is 1. The maximum absolute atomic E-state index is 13.4. The number of aryl methyl sites for hydroxylation is 1. The Morgan fingerprint density at radius 1 is 1.03 bits per heavy atom. The fourth-order valence-corrected chi connectivity index (χ4v) is 3.65. The van der Waals surface area contributed by atoms with Crippen molar-refractivity contribution in [3.63, 3.8) is 0 Å². The number of rotatable bonds is 7. The molecule has 0 radical (unpaired) electrons. The van der Waals surface area contributed by atoms with Crippen LogP contribution in [0.15, 0.2) is 83.5 Å². The summed E-state index contributed by atoms with van der Waals surface area (Å²) in [6.45, 7) is 5.48. The topological polar surface area (TPSA) is 100 Å². The first-order valence-corrected chi connectivity index (χ1v) is 11.5. The highest BCUT2D eigenvalue weighted by atomic mass is 16.5. The van der Waals surface area contributed by atoms with E-state index >= 15 is 0 Å². The standard InChI is InChI=1S/C28H26N4O4/c1-4-36-25-17-22(29-19(3)33)14-15-23(25)27(34)31-32-26(21-8-6-5-7-9-21)30-24(28(32)35)16-20-12-10-18(2)11-13-20/h5-17H,4H2,1-3H3,(H,29,33)(H,31,34). The Hall–Kier alpha value is -4.72. The van der Waals surface area contributed by atoms with Gasteiger partial charge in [0.25, 0.3) is 11.8 Å². The molecule has 3 amide bonds. The third-order valence-corrected chi connectivity index (χ3v) is 5.33. The first-order chi connectivity index (χ1) is 17.4. The number of amides is 3. The van der Waals surface area contributed by atoms with Crippen molar-refractivity contribution in [1.82, 2.24) is 10.4 Å². The van der Waals surface area contributed by atoms with Gasteiger partial charge in [0, 0.05) is 24.2 Å². The first kappa shape index (κ1) is 24.4. The molecular weight excluding hydrogens is 456 g/mol. The lowest BCUT2D eigenvalue weighted by molar-refractivity contribution is -0.124. The molecule has 0 saturated heterocycles. The summed E-state index contributed by atoms with van der Waals surface area (Å²) < 4.78 is 5.64. The highest BCUT2D eigenvalue weighted by Crippen LogP contribution is 2.25. The summed E-state index contributed by atoms with van der Waals surface area (Å²) in [6.07, 6.45) is 1.69. The van der Waals surface area contributed by atoms with E-state index in [4.69, 9.17) is 4.74 Å². The number of nitrogens with one attached hydrogen (secondary N) is 2. The summed E-state index contributed by atoms with van der Waals surface area (Å²) in [5.41, 5.74) is 6.18. The minimum atomic E-state index is -0.554. The number of carbonyl (C=O) groups excluding carboxylic acids is 3. The third-order valence-electron chi connectivity index (χ3n) is 5.33. The molecule has 1 heterocycles. The van der Waals surface area contributed by atoms with Gasteiger partial charge >= 0.3 is 0 Å². The summed E-state index contributed by atoms with van der Waals surface area (Å²) >= 11 is 0. The molecule has 0 aromatic heterocycles. The van der Waals surface area contributed by atoms with Crippen LogP contribution in [0, 0.1) is 6.92 Å². The Kier molecular flexibility index (Phi) is 7.25. The minimum Gasteiger partial charge on any atom is -0.493 e. The van der Waals surface area contributed by atoms with Crippen molar-refractivity contribution in [2.24, 2.45) is 4.99 Å². The summed E-state index contributed by atoms with van der Waals surface area (Å²) in [5, 5.41) is 3.82. The molecule has 8 nitrogen and oxygen atoms in total. The number of hydrogen-bond acceptors (Lipinski definition) is 5. The van der Waals surface area contributed by atoms with Crippen molar-refractivity contribution in [3.8, 4) is 5.75 Å². The average molecular weight is 483 g/mol. The van der Waals surface area contributed by atoms with Crippen LogP contribution in [-0.4, -0.2) is 35.2 Å². The summed E-state index contributed by atoms with van der Waals surface area (Å²) in [4.78, 5) is 42.6. The molecule has 0 saturated carbocycles. The highest BCUT2D eigenvalue weighted by molar-refractivity contribution is 6.20. The molecule has 3 aromatic rings. The summed E-state index contributed by atoms with van der Waals surface area (Å²) in [5.74, 6) is -0.674. The number of hydrogen-bond donors (Lipinski definition) is 2. The van der Waals surface area contributed by atoms with E-state index in [2.05, 4.69) is 15.7 Å². The number of carbonyl (C=O) groups is 3. The van der Waals surface area contributed by atoms with Gasteiger partial charge in [0.15, 0.2) is 5.84 Å². The zero-order chi connectivity index (χ0) is 25.7. The van der Waals surface area contributed by atoms with Gasteiger partial charge in [-0.05, 0) is 37.6 Å². The van der Waals surface area contributed by atoms with Crippen LogP contribution in [0.4, 0.5) is 5.69 Å². The molecule has 0 atom stereocenters. The SMILES string of the molecule is CCOc1cc(NC(C)=O)ccc1C(=O)NN1C(=O)C(=Cc2ccc(C)cc2)N=C1c1ccccc1. The van der Waals surface area contributed by atoms with Crippen molar-refractivity contribution in [3.05, 3.63) is 101 Å². The highest BCUT2D eigenvalue weighted by Gasteiger charge is 2.33. The van der Waals surface area contributed by atoms with E-state index in [1.807, 2.05) is 61.5 Å². The lowest BCUT2D eigenvalue weighted by Crippen LogP contribution is -2.47. The van der Waals surface area contributed by atoms with E-state index < -0.39 is 11.8 Å². The lowest BCUT2D eigenvalue weighted by atomic mass is 10.1. The van der Waals surface area contributed by atoms with Gasteiger partial charge in [-0.15, -0.1) is 0 Å². The Balaban J connectivity index is 1.67.